The van der Waals surface area contributed by atoms with Gasteiger partial charge in [-0.15, -0.1) is 0 Å². The summed E-state index contributed by atoms with van der Waals surface area (Å²) in [5.74, 6) is 1.21. The monoisotopic (exact) mass is 547 g/mol. The Bertz CT molecular complexity index is 1790. The van der Waals surface area contributed by atoms with Crippen molar-refractivity contribution in [1.29, 1.82) is 0 Å². The summed E-state index contributed by atoms with van der Waals surface area (Å²) in [6.07, 6.45) is 1.57. The van der Waals surface area contributed by atoms with Crippen LogP contribution in [0.1, 0.15) is 48.7 Å². The quantitative estimate of drug-likeness (QED) is 0.289. The Morgan fingerprint density at radius 1 is 1.02 bits per heavy atom. The lowest BCUT2D eigenvalue weighted by atomic mass is 10.0. The molecule has 5 aromatic rings. The van der Waals surface area contributed by atoms with Gasteiger partial charge in [0.05, 0.1) is 18.8 Å². The number of nitrogens with zero attached hydrogens (tertiary/aromatic N) is 7. The third-order valence-electron chi connectivity index (χ3n) is 7.10. The first-order valence-corrected chi connectivity index (χ1v) is 12.6. The number of pyridine rings is 1. The number of halogens is 3. The molecule has 1 unspecified atom stereocenters. The maximum absolute atomic E-state index is 13.2. The molecule has 1 aliphatic carbocycles. The van der Waals surface area contributed by atoms with Gasteiger partial charge in [0.25, 0.3) is 5.56 Å². The van der Waals surface area contributed by atoms with Crippen molar-refractivity contribution in [3.8, 4) is 28.7 Å². The molecule has 12 heteroatoms. The number of hydrogen-bond acceptors (Lipinski definition) is 7. The number of alkyl halides is 3. The van der Waals surface area contributed by atoms with Gasteiger partial charge in [0.15, 0.2) is 11.5 Å². The predicted octanol–water partition coefficient (Wildman–Crippen LogP) is 5.16. The molecular formula is C28H24F3N7O2. The normalized spacial score (nSPS) is 14.4. The van der Waals surface area contributed by atoms with Gasteiger partial charge >= 0.3 is 6.18 Å². The highest BCUT2D eigenvalue weighted by atomic mass is 19.4. The van der Waals surface area contributed by atoms with Crippen molar-refractivity contribution < 1.29 is 17.9 Å². The molecule has 40 heavy (non-hydrogen) atoms. The van der Waals surface area contributed by atoms with Crippen LogP contribution in [-0.2, 0) is 13.2 Å². The van der Waals surface area contributed by atoms with Gasteiger partial charge < -0.3 is 9.30 Å². The summed E-state index contributed by atoms with van der Waals surface area (Å²) in [7, 11) is 3.04. The minimum Gasteiger partial charge on any atom is -0.480 e. The standard InChI is InChI=1S/C28H24F3N7O2/c1-15(16-4-8-18(9-5-16)25-35-20(13-37(25)2)28(29,30)31)38-21(39)11-10-19-12-32-24(36-26(19)38)22-23(17-6-7-17)33-14-34-27(22)40-3/h4-5,8-15,17H,6-7H2,1-3H3. The zero-order valence-electron chi connectivity index (χ0n) is 21.8. The zero-order chi connectivity index (χ0) is 28.2. The van der Waals surface area contributed by atoms with Crippen LogP contribution in [0.2, 0.25) is 0 Å². The third kappa shape index (κ3) is 4.48. The summed E-state index contributed by atoms with van der Waals surface area (Å²) < 4.78 is 47.8. The third-order valence-corrected chi connectivity index (χ3v) is 7.10. The number of fused-ring (bicyclic) bond motifs is 1. The summed E-state index contributed by atoms with van der Waals surface area (Å²) in [6, 6.07) is 9.62. The van der Waals surface area contributed by atoms with Crippen molar-refractivity contribution >= 4 is 11.0 Å². The fourth-order valence-electron chi connectivity index (χ4n) is 4.88. The van der Waals surface area contributed by atoms with Gasteiger partial charge in [-0.2, -0.15) is 13.2 Å². The van der Waals surface area contributed by atoms with Crippen molar-refractivity contribution in [2.24, 2.45) is 7.05 Å². The maximum atomic E-state index is 13.2. The summed E-state index contributed by atoms with van der Waals surface area (Å²) in [6.45, 7) is 1.86. The second kappa shape index (κ2) is 9.54. The Hall–Kier alpha value is -4.61. The Morgan fingerprint density at radius 3 is 2.42 bits per heavy atom. The Balaban J connectivity index is 1.41. The highest BCUT2D eigenvalue weighted by molar-refractivity contribution is 5.78. The van der Waals surface area contributed by atoms with Gasteiger partial charge in [-0.05, 0) is 31.4 Å². The van der Waals surface area contributed by atoms with Crippen LogP contribution in [-0.4, -0.2) is 41.2 Å². The van der Waals surface area contributed by atoms with Crippen molar-refractivity contribution in [1.82, 2.24) is 34.1 Å². The van der Waals surface area contributed by atoms with Gasteiger partial charge in [0.1, 0.15) is 23.4 Å². The van der Waals surface area contributed by atoms with E-state index in [0.717, 1.165) is 30.3 Å². The van der Waals surface area contributed by atoms with E-state index >= 15 is 0 Å². The first kappa shape index (κ1) is 25.7. The minimum atomic E-state index is -4.53. The topological polar surface area (TPSA) is 101 Å². The van der Waals surface area contributed by atoms with E-state index in [9.17, 15) is 18.0 Å². The van der Waals surface area contributed by atoms with E-state index in [1.165, 1.54) is 31.1 Å². The first-order chi connectivity index (χ1) is 19.2. The first-order valence-electron chi connectivity index (χ1n) is 12.6. The molecule has 6 rings (SSSR count). The number of imidazole rings is 1. The van der Waals surface area contributed by atoms with Gasteiger partial charge in [-0.1, -0.05) is 24.3 Å². The van der Waals surface area contributed by atoms with E-state index < -0.39 is 17.9 Å². The molecule has 0 bridgehead atoms. The number of ether oxygens (including phenoxy) is 1. The summed E-state index contributed by atoms with van der Waals surface area (Å²) in [4.78, 5) is 35.0. The molecule has 4 aromatic heterocycles. The van der Waals surface area contributed by atoms with Crippen molar-refractivity contribution in [3.05, 3.63) is 82.4 Å². The van der Waals surface area contributed by atoms with Crippen LogP contribution in [0, 0.1) is 0 Å². The number of methoxy groups -OCH3 is 1. The second-order valence-electron chi connectivity index (χ2n) is 9.79. The summed E-state index contributed by atoms with van der Waals surface area (Å²) in [5, 5.41) is 0.670. The molecule has 1 saturated carbocycles. The maximum Gasteiger partial charge on any atom is 0.434 e. The van der Waals surface area contributed by atoms with E-state index in [1.54, 1.807) is 41.1 Å². The van der Waals surface area contributed by atoms with Crippen LogP contribution >= 0.6 is 0 Å². The van der Waals surface area contributed by atoms with Gasteiger partial charge in [0.2, 0.25) is 5.88 Å². The van der Waals surface area contributed by atoms with E-state index in [2.05, 4.69) is 19.9 Å². The summed E-state index contributed by atoms with van der Waals surface area (Å²) in [5.41, 5.74) is 1.94. The van der Waals surface area contributed by atoms with E-state index in [4.69, 9.17) is 9.72 Å². The molecule has 0 radical (unpaired) electrons. The van der Waals surface area contributed by atoms with E-state index in [1.807, 2.05) is 6.92 Å². The number of hydrogen-bond donors (Lipinski definition) is 0. The lowest BCUT2D eigenvalue weighted by Gasteiger charge is -2.19. The molecule has 1 fully saturated rings. The summed E-state index contributed by atoms with van der Waals surface area (Å²) >= 11 is 0. The number of benzene rings is 1. The molecular weight excluding hydrogens is 523 g/mol. The van der Waals surface area contributed by atoms with Crippen molar-refractivity contribution in [2.45, 2.75) is 37.9 Å². The molecule has 0 amide bonds. The van der Waals surface area contributed by atoms with Crippen LogP contribution in [0.4, 0.5) is 13.2 Å². The average molecular weight is 548 g/mol. The van der Waals surface area contributed by atoms with E-state index in [-0.39, 0.29) is 17.3 Å². The second-order valence-corrected chi connectivity index (χ2v) is 9.79. The van der Waals surface area contributed by atoms with Crippen LogP contribution < -0.4 is 10.3 Å². The van der Waals surface area contributed by atoms with Gasteiger partial charge in [-0.3, -0.25) is 9.36 Å². The molecule has 1 aliphatic rings. The molecule has 0 aliphatic heterocycles. The lowest BCUT2D eigenvalue weighted by Crippen LogP contribution is -2.24. The lowest BCUT2D eigenvalue weighted by molar-refractivity contribution is -0.140. The highest BCUT2D eigenvalue weighted by Gasteiger charge is 2.35. The Kier molecular flexibility index (Phi) is 6.12. The molecule has 0 N–H and O–H groups in total. The van der Waals surface area contributed by atoms with E-state index in [0.29, 0.717) is 33.9 Å². The Morgan fingerprint density at radius 2 is 1.77 bits per heavy atom. The molecule has 9 nitrogen and oxygen atoms in total. The number of rotatable bonds is 6. The van der Waals surface area contributed by atoms with Crippen LogP contribution in [0.5, 0.6) is 5.88 Å². The average Bonchev–Trinajstić information content (AvgIpc) is 3.72. The highest BCUT2D eigenvalue weighted by Crippen LogP contribution is 2.45. The van der Waals surface area contributed by atoms with Crippen LogP contribution in [0.15, 0.2) is 59.9 Å². The number of aryl methyl sites for hydroxylation is 1. The fourth-order valence-corrected chi connectivity index (χ4v) is 4.88. The molecule has 1 aromatic carbocycles. The molecule has 0 saturated heterocycles. The van der Waals surface area contributed by atoms with Crippen molar-refractivity contribution in [3.63, 3.8) is 0 Å². The molecule has 204 valence electrons. The molecule has 0 spiro atoms. The smallest absolute Gasteiger partial charge is 0.434 e. The van der Waals surface area contributed by atoms with Crippen molar-refractivity contribution in [2.75, 3.05) is 7.11 Å². The van der Waals surface area contributed by atoms with Crippen LogP contribution in [0.3, 0.4) is 0 Å². The Labute approximate surface area is 226 Å². The number of aromatic nitrogens is 7. The zero-order valence-corrected chi connectivity index (χ0v) is 21.8. The van der Waals surface area contributed by atoms with Gasteiger partial charge in [0, 0.05) is 42.4 Å². The SMILES string of the molecule is COc1ncnc(C2CC2)c1-c1ncc2ccc(=O)n(C(C)c3ccc(-c4nc(C(F)(F)F)cn4C)cc3)c2n1. The minimum absolute atomic E-state index is 0.191. The molecule has 1 atom stereocenters. The van der Waals surface area contributed by atoms with Gasteiger partial charge in [-0.25, -0.2) is 24.9 Å². The predicted molar refractivity (Wildman–Crippen MR) is 141 cm³/mol. The van der Waals surface area contributed by atoms with Crippen LogP contribution in [0.25, 0.3) is 33.8 Å². The fraction of sp³-hybridized carbons (Fsp3) is 0.286. The largest absolute Gasteiger partial charge is 0.480 e. The molecule has 4 heterocycles.